The number of rotatable bonds is 23. The molecule has 4 unspecified atom stereocenters. The van der Waals surface area contributed by atoms with Gasteiger partial charge < -0.3 is 42.4 Å². The van der Waals surface area contributed by atoms with Crippen LogP contribution in [-0.2, 0) is 35.3 Å². The molecule has 5 rings (SSSR count). The lowest BCUT2D eigenvalue weighted by Gasteiger charge is -2.26. The molecule has 0 fully saturated rings. The van der Waals surface area contributed by atoms with Crippen molar-refractivity contribution in [1.82, 2.24) is 41.3 Å². The fourth-order valence-electron chi connectivity index (χ4n) is 6.79. The largest absolute Gasteiger partial charge is 0.443 e. The van der Waals surface area contributed by atoms with E-state index >= 15 is 0 Å². The maximum absolute atomic E-state index is 13.7. The third-order valence-electron chi connectivity index (χ3n) is 10.6. The first kappa shape index (κ1) is 53.5. The quantitative estimate of drug-likeness (QED) is 0.0319. The number of nitrogens with two attached hydrogens (primary N) is 1. The average Bonchev–Trinajstić information content (AvgIpc) is 3.72. The van der Waals surface area contributed by atoms with Crippen LogP contribution in [0.2, 0.25) is 0 Å². The second kappa shape index (κ2) is 26.4. The zero-order chi connectivity index (χ0) is 50.7. The van der Waals surface area contributed by atoms with Crippen LogP contribution in [0, 0.1) is 5.92 Å². The maximum atomic E-state index is 13.7. The Kier molecular flexibility index (Phi) is 20.1. The molecule has 0 bridgehead atoms. The van der Waals surface area contributed by atoms with Crippen molar-refractivity contribution in [2.45, 2.75) is 81.0 Å². The van der Waals surface area contributed by atoms with Crippen molar-refractivity contribution in [3.63, 3.8) is 0 Å². The van der Waals surface area contributed by atoms with E-state index in [0.717, 1.165) is 9.79 Å². The lowest BCUT2D eigenvalue weighted by Crippen LogP contribution is -2.57. The minimum atomic E-state index is -1.09. The van der Waals surface area contributed by atoms with Gasteiger partial charge in [-0.25, -0.2) is 9.59 Å². The number of aromatic nitrogens is 3. The number of amides is 7. The molecule has 2 aromatic heterocycles. The Balaban J connectivity index is 1.21. The topological polar surface area (TPSA) is 275 Å². The number of carbonyl (C=O) groups is 8. The minimum Gasteiger partial charge on any atom is -0.443 e. The monoisotopic (exact) mass is 992 g/mol. The van der Waals surface area contributed by atoms with Crippen LogP contribution in [0.4, 0.5) is 15.3 Å². The van der Waals surface area contributed by atoms with E-state index in [1.807, 2.05) is 48.5 Å². The van der Waals surface area contributed by atoms with E-state index in [1.54, 1.807) is 82.3 Å². The van der Waals surface area contributed by atoms with Gasteiger partial charge >= 0.3 is 12.1 Å². The highest BCUT2D eigenvalue weighted by molar-refractivity contribution is 7.99. The second-order valence-electron chi connectivity index (χ2n) is 16.2. The third-order valence-corrected chi connectivity index (χ3v) is 12.5. The van der Waals surface area contributed by atoms with Gasteiger partial charge in [-0.05, 0) is 105 Å². The van der Waals surface area contributed by atoms with Crippen LogP contribution in [0.25, 0.3) is 23.1 Å². The van der Waals surface area contributed by atoms with Crippen molar-refractivity contribution in [3.8, 4) is 0 Å². The van der Waals surface area contributed by atoms with E-state index in [1.165, 1.54) is 23.4 Å². The second-order valence-corrected chi connectivity index (χ2v) is 18.3. The number of urea groups is 1. The fourth-order valence-corrected chi connectivity index (χ4v) is 8.14. The Morgan fingerprint density at radius 2 is 1.59 bits per heavy atom. The van der Waals surface area contributed by atoms with Crippen molar-refractivity contribution >= 4 is 96.3 Å². The first-order valence-corrected chi connectivity index (χ1v) is 24.7. The Labute approximate surface area is 411 Å². The zero-order valence-electron chi connectivity index (χ0n) is 39.4. The minimum absolute atomic E-state index is 0.0238. The Morgan fingerprint density at radius 1 is 0.843 bits per heavy atom. The van der Waals surface area contributed by atoms with E-state index in [4.69, 9.17) is 10.5 Å². The van der Waals surface area contributed by atoms with Gasteiger partial charge in [0.25, 0.3) is 5.91 Å². The molecule has 0 radical (unpaired) electrons. The number of ether oxygens (including phenoxy) is 1. The van der Waals surface area contributed by atoms with Crippen LogP contribution < -0.4 is 37.6 Å². The molecule has 0 aliphatic rings. The summed E-state index contributed by atoms with van der Waals surface area (Å²) in [4.78, 5) is 108. The first-order valence-electron chi connectivity index (χ1n) is 22.4. The normalized spacial score (nSPS) is 12.5. The summed E-state index contributed by atoms with van der Waals surface area (Å²) in [6, 6.07) is 20.9. The van der Waals surface area contributed by atoms with Gasteiger partial charge in [-0.3, -0.25) is 33.8 Å². The highest BCUT2D eigenvalue weighted by Gasteiger charge is 2.30. The van der Waals surface area contributed by atoms with E-state index < -0.39 is 59.8 Å². The molecule has 5 aromatic rings. The Hall–Kier alpha value is -7.44. The molecule has 70 heavy (non-hydrogen) atoms. The number of nitrogens with one attached hydrogen (secondary N) is 6. The van der Waals surface area contributed by atoms with Crippen molar-refractivity contribution < 1.29 is 43.1 Å². The molecule has 368 valence electrons. The summed E-state index contributed by atoms with van der Waals surface area (Å²) in [5.74, 6) is -3.02. The number of benzene rings is 3. The van der Waals surface area contributed by atoms with Crippen molar-refractivity contribution in [2.75, 3.05) is 25.6 Å². The maximum Gasteiger partial charge on any atom is 0.435 e. The predicted octanol–water partition coefficient (Wildman–Crippen LogP) is 5.43. The van der Waals surface area contributed by atoms with Crippen molar-refractivity contribution in [3.05, 3.63) is 114 Å². The molecule has 0 saturated heterocycles. The standard InChI is InChI=1S/C49H57N10O9PS/c1-29(2)43(57-46(64)38(13-10-26-53-48(50)66)56-41(60)23-24-42(61)69-5)47(65)54-30(3)44(62)55-33-17-15-31(16-18-33)28-68-49(67)59-39-27-34(70-40-14-7-6-12-36(40)45(63)51-4)20-21-35(39)37(58-59)22-19-32-11-8-9-25-52-32/h6-9,11-12,14-22,25,27,29-30,38,43,69H,10,13,23-24,26,28H2,1-5H3,(H,51,63)(H,54,65)(H,55,62)(H,56,60)(H,57,64)(H3,50,53,66)/b22-19+. The summed E-state index contributed by atoms with van der Waals surface area (Å²) in [6.07, 6.45) is 4.77. The molecule has 21 heteroatoms. The molecule has 0 saturated carbocycles. The summed E-state index contributed by atoms with van der Waals surface area (Å²) >= 11 is 1.37. The highest BCUT2D eigenvalue weighted by Crippen LogP contribution is 2.34. The van der Waals surface area contributed by atoms with E-state index in [0.29, 0.717) is 39.1 Å². The summed E-state index contributed by atoms with van der Waals surface area (Å²) in [5.41, 5.74) is 8.25. The van der Waals surface area contributed by atoms with E-state index in [9.17, 15) is 38.4 Å². The zero-order valence-corrected chi connectivity index (χ0v) is 41.2. The number of hydrogen-bond acceptors (Lipinski definition) is 12. The smallest absolute Gasteiger partial charge is 0.435 e. The molecule has 3 aromatic carbocycles. The number of primary amides is 1. The average molecular weight is 993 g/mol. The summed E-state index contributed by atoms with van der Waals surface area (Å²) < 4.78 is 6.92. The predicted molar refractivity (Wildman–Crippen MR) is 269 cm³/mol. The van der Waals surface area contributed by atoms with Gasteiger partial charge in [0.05, 0.1) is 22.5 Å². The fraction of sp³-hybridized carbons (Fsp3) is 0.306. The number of nitrogens with zero attached hydrogens (tertiary/aromatic N) is 3. The van der Waals surface area contributed by atoms with Gasteiger partial charge in [-0.2, -0.15) is 9.78 Å². The molecular formula is C49H57N10O9PS. The summed E-state index contributed by atoms with van der Waals surface area (Å²) in [7, 11) is 1.60. The number of hydrogen-bond donors (Lipinski definition) is 7. The molecule has 0 spiro atoms. The number of anilines is 1. The number of carbonyl (C=O) groups excluding carboxylic acids is 8. The Bertz CT molecular complexity index is 2720. The molecule has 4 atom stereocenters. The van der Waals surface area contributed by atoms with Gasteiger partial charge in [0.15, 0.2) is 5.52 Å². The van der Waals surface area contributed by atoms with Gasteiger partial charge in [-0.1, -0.05) is 64.5 Å². The van der Waals surface area contributed by atoms with Gasteiger partial charge in [0, 0.05) is 53.5 Å². The van der Waals surface area contributed by atoms with E-state index in [-0.39, 0.29) is 58.8 Å². The summed E-state index contributed by atoms with van der Waals surface area (Å²) in [5, 5.41) is 21.1. The van der Waals surface area contributed by atoms with Gasteiger partial charge in [0.2, 0.25) is 23.6 Å². The molecule has 19 nitrogen and oxygen atoms in total. The van der Waals surface area contributed by atoms with Gasteiger partial charge in [0.1, 0.15) is 24.7 Å². The number of pyridine rings is 1. The van der Waals surface area contributed by atoms with Crippen molar-refractivity contribution in [1.29, 1.82) is 0 Å². The van der Waals surface area contributed by atoms with Crippen LogP contribution in [0.5, 0.6) is 0 Å². The highest BCUT2D eigenvalue weighted by atomic mass is 32.2. The van der Waals surface area contributed by atoms with Gasteiger partial charge in [-0.15, -0.1) is 0 Å². The van der Waals surface area contributed by atoms with E-state index in [2.05, 4.69) is 42.0 Å². The SMILES string of the molecule is CNC(=O)c1ccccc1Sc1ccc2c(/C=C/c3ccccn3)nn(C(=O)OCc3ccc(NC(=O)C(C)NC(=O)C(NC(=O)C(CCCNC(N)=O)NC(=O)CCC(=O)PC)C(C)C)cc3)c2c1. The lowest BCUT2D eigenvalue weighted by molar-refractivity contribution is -0.134. The van der Waals surface area contributed by atoms with Crippen LogP contribution >= 0.6 is 20.3 Å². The molecular weight excluding hydrogens is 936 g/mol. The molecule has 7 amide bonds. The lowest BCUT2D eigenvalue weighted by atomic mass is 10.0. The molecule has 2 heterocycles. The molecule has 0 aliphatic heterocycles. The van der Waals surface area contributed by atoms with Crippen molar-refractivity contribution in [2.24, 2.45) is 11.7 Å². The van der Waals surface area contributed by atoms with Crippen LogP contribution in [-0.4, -0.2) is 100 Å². The third kappa shape index (κ3) is 15.8. The van der Waals surface area contributed by atoms with Crippen LogP contribution in [0.1, 0.15) is 73.8 Å². The Morgan fingerprint density at radius 3 is 2.27 bits per heavy atom. The summed E-state index contributed by atoms with van der Waals surface area (Å²) in [6.45, 7) is 6.62. The first-order chi connectivity index (χ1) is 33.6. The van der Waals surface area contributed by atoms with Crippen LogP contribution in [0.15, 0.2) is 101 Å². The number of fused-ring (bicyclic) bond motifs is 1. The molecule has 8 N–H and O–H groups in total. The van der Waals surface area contributed by atoms with Crippen LogP contribution in [0.3, 0.4) is 0 Å². The molecule has 0 aliphatic carbocycles.